The van der Waals surface area contributed by atoms with Crippen LogP contribution in [0.15, 0.2) is 35.2 Å². The van der Waals surface area contributed by atoms with Gasteiger partial charge in [-0.1, -0.05) is 6.92 Å². The second-order valence-electron chi connectivity index (χ2n) is 6.39. The van der Waals surface area contributed by atoms with E-state index in [1.807, 2.05) is 6.92 Å². The molecule has 30 heavy (non-hydrogen) atoms. The van der Waals surface area contributed by atoms with E-state index in [9.17, 15) is 9.00 Å². The molecule has 0 bridgehead atoms. The van der Waals surface area contributed by atoms with E-state index in [4.69, 9.17) is 23.7 Å². The van der Waals surface area contributed by atoms with Crippen LogP contribution in [0.25, 0.3) is 6.08 Å². The molecule has 0 saturated heterocycles. The van der Waals surface area contributed by atoms with Crippen LogP contribution in [0.1, 0.15) is 29.3 Å². The van der Waals surface area contributed by atoms with Crippen molar-refractivity contribution in [2.45, 2.75) is 18.2 Å². The summed E-state index contributed by atoms with van der Waals surface area (Å²) in [5, 5.41) is 0. The number of carbonyl (C=O) groups is 1. The van der Waals surface area contributed by atoms with Crippen molar-refractivity contribution in [3.63, 3.8) is 0 Å². The highest BCUT2D eigenvalue weighted by Gasteiger charge is 2.25. The standard InChI is InChI=1S/C22H24O7S/c1-5-8-28-20-12-22-21(29-13-30(22)24)11-16(20)17(23)7-6-15-18(26-3)9-14(25-2)10-19(15)27-4/h6-7,9-12H,5,8,13H2,1-4H3. The smallest absolute Gasteiger partial charge is 0.189 e. The quantitative estimate of drug-likeness (QED) is 0.440. The van der Waals surface area contributed by atoms with Gasteiger partial charge in [0.15, 0.2) is 11.7 Å². The summed E-state index contributed by atoms with van der Waals surface area (Å²) in [5.41, 5.74) is 0.937. The third-order valence-electron chi connectivity index (χ3n) is 4.49. The Morgan fingerprint density at radius 3 is 2.37 bits per heavy atom. The average Bonchev–Trinajstić information content (AvgIpc) is 3.14. The van der Waals surface area contributed by atoms with Crippen molar-refractivity contribution in [2.75, 3.05) is 33.9 Å². The fraction of sp³-hybridized carbons (Fsp3) is 0.318. The number of ether oxygens (including phenoxy) is 5. The van der Waals surface area contributed by atoms with Crippen molar-refractivity contribution in [3.8, 4) is 28.7 Å². The van der Waals surface area contributed by atoms with Crippen LogP contribution in [-0.4, -0.2) is 43.9 Å². The molecule has 2 aromatic rings. The predicted octanol–water partition coefficient (Wildman–Crippen LogP) is 3.85. The number of hydrogen-bond acceptors (Lipinski definition) is 7. The number of rotatable bonds is 9. The van der Waals surface area contributed by atoms with E-state index in [0.717, 1.165) is 6.42 Å². The Balaban J connectivity index is 1.98. The molecule has 1 unspecified atom stereocenters. The summed E-state index contributed by atoms with van der Waals surface area (Å²) >= 11 is 0. The SMILES string of the molecule is CCCOc1cc2c(cc1C(=O)C=Cc1c(OC)cc(OC)cc1OC)OCS2=O. The van der Waals surface area contributed by atoms with E-state index in [0.29, 0.717) is 51.4 Å². The summed E-state index contributed by atoms with van der Waals surface area (Å²) in [4.78, 5) is 13.5. The molecule has 0 aromatic heterocycles. The zero-order valence-electron chi connectivity index (χ0n) is 17.4. The molecule has 1 aliphatic heterocycles. The Kier molecular flexibility index (Phi) is 6.99. The van der Waals surface area contributed by atoms with Crippen LogP contribution in [0.2, 0.25) is 0 Å². The lowest BCUT2D eigenvalue weighted by molar-refractivity contribution is 0.104. The molecular formula is C22H24O7S. The lowest BCUT2D eigenvalue weighted by atomic mass is 10.1. The summed E-state index contributed by atoms with van der Waals surface area (Å²) in [7, 11) is 3.35. The normalized spacial score (nSPS) is 14.9. The van der Waals surface area contributed by atoms with E-state index in [1.165, 1.54) is 20.3 Å². The van der Waals surface area contributed by atoms with Gasteiger partial charge in [-0.05, 0) is 24.6 Å². The fourth-order valence-electron chi connectivity index (χ4n) is 2.98. The molecular weight excluding hydrogens is 408 g/mol. The molecule has 0 radical (unpaired) electrons. The molecule has 0 aliphatic carbocycles. The molecule has 0 fully saturated rings. The van der Waals surface area contributed by atoms with Crippen molar-refractivity contribution in [1.29, 1.82) is 0 Å². The summed E-state index contributed by atoms with van der Waals surface area (Å²) in [6.45, 7) is 2.41. The molecule has 0 saturated carbocycles. The van der Waals surface area contributed by atoms with Crippen LogP contribution in [0, 0.1) is 0 Å². The number of allylic oxidation sites excluding steroid dienone is 1. The molecule has 7 nitrogen and oxygen atoms in total. The molecule has 1 atom stereocenters. The molecule has 160 valence electrons. The number of methoxy groups -OCH3 is 3. The summed E-state index contributed by atoms with van der Waals surface area (Å²) in [6.07, 6.45) is 3.81. The maximum Gasteiger partial charge on any atom is 0.189 e. The van der Waals surface area contributed by atoms with Crippen LogP contribution in [0.4, 0.5) is 0 Å². The minimum absolute atomic E-state index is 0.0796. The minimum atomic E-state index is -1.26. The first-order chi connectivity index (χ1) is 14.5. The summed E-state index contributed by atoms with van der Waals surface area (Å²) in [6, 6.07) is 6.63. The third-order valence-corrected chi connectivity index (χ3v) is 5.64. The number of ketones is 1. The molecule has 1 aliphatic rings. The highest BCUT2D eigenvalue weighted by atomic mass is 32.2. The Labute approximate surface area is 178 Å². The second kappa shape index (κ2) is 9.67. The highest BCUT2D eigenvalue weighted by Crippen LogP contribution is 2.37. The molecule has 0 spiro atoms. The van der Waals surface area contributed by atoms with Gasteiger partial charge in [0.2, 0.25) is 0 Å². The van der Waals surface area contributed by atoms with Gasteiger partial charge in [0.05, 0.1) is 54.8 Å². The monoisotopic (exact) mass is 432 g/mol. The van der Waals surface area contributed by atoms with E-state index < -0.39 is 10.8 Å². The highest BCUT2D eigenvalue weighted by molar-refractivity contribution is 7.85. The molecule has 2 aromatic carbocycles. The van der Waals surface area contributed by atoms with Crippen molar-refractivity contribution >= 4 is 22.7 Å². The fourth-order valence-corrected chi connectivity index (χ4v) is 3.92. The Morgan fingerprint density at radius 1 is 1.07 bits per heavy atom. The first kappa shape index (κ1) is 21.7. The van der Waals surface area contributed by atoms with Crippen molar-refractivity contribution < 1.29 is 32.7 Å². The maximum atomic E-state index is 13.0. The van der Waals surface area contributed by atoms with Gasteiger partial charge in [0.25, 0.3) is 0 Å². The molecule has 0 N–H and O–H groups in total. The first-order valence-electron chi connectivity index (χ1n) is 9.36. The van der Waals surface area contributed by atoms with Gasteiger partial charge in [0.1, 0.15) is 28.7 Å². The molecule has 8 heteroatoms. The van der Waals surface area contributed by atoms with Crippen molar-refractivity contribution in [3.05, 3.63) is 41.5 Å². The van der Waals surface area contributed by atoms with Crippen LogP contribution in [-0.2, 0) is 10.8 Å². The van der Waals surface area contributed by atoms with Gasteiger partial charge in [-0.25, -0.2) is 0 Å². The minimum Gasteiger partial charge on any atom is -0.496 e. The summed E-state index contributed by atoms with van der Waals surface area (Å²) < 4.78 is 39.3. The van der Waals surface area contributed by atoms with Crippen LogP contribution in [0.3, 0.4) is 0 Å². The van der Waals surface area contributed by atoms with Gasteiger partial charge in [-0.2, -0.15) is 0 Å². The van der Waals surface area contributed by atoms with Gasteiger partial charge in [-0.15, -0.1) is 0 Å². The van der Waals surface area contributed by atoms with Gasteiger partial charge >= 0.3 is 0 Å². The zero-order valence-corrected chi connectivity index (χ0v) is 18.2. The second-order valence-corrected chi connectivity index (χ2v) is 7.76. The third kappa shape index (κ3) is 4.43. The topological polar surface area (TPSA) is 80.3 Å². The number of hydrogen-bond donors (Lipinski definition) is 0. The van der Waals surface area contributed by atoms with E-state index >= 15 is 0 Å². The number of carbonyl (C=O) groups excluding carboxylic acids is 1. The molecule has 0 amide bonds. The van der Waals surface area contributed by atoms with E-state index in [1.54, 1.807) is 37.5 Å². The Hall–Kier alpha value is -3.00. The average molecular weight is 432 g/mol. The van der Waals surface area contributed by atoms with E-state index in [-0.39, 0.29) is 11.7 Å². The Bertz CT molecular complexity index is 972. The first-order valence-corrected chi connectivity index (χ1v) is 10.7. The van der Waals surface area contributed by atoms with Crippen molar-refractivity contribution in [2.24, 2.45) is 0 Å². The molecule has 1 heterocycles. The van der Waals surface area contributed by atoms with Crippen LogP contribution < -0.4 is 23.7 Å². The Morgan fingerprint density at radius 2 is 1.77 bits per heavy atom. The summed E-state index contributed by atoms with van der Waals surface area (Å²) in [5.74, 6) is 2.20. The molecule has 3 rings (SSSR count). The van der Waals surface area contributed by atoms with Crippen LogP contribution in [0.5, 0.6) is 28.7 Å². The number of fused-ring (bicyclic) bond motifs is 1. The lowest BCUT2D eigenvalue weighted by Crippen LogP contribution is -2.04. The van der Waals surface area contributed by atoms with Gasteiger partial charge in [0, 0.05) is 18.2 Å². The van der Waals surface area contributed by atoms with Crippen LogP contribution >= 0.6 is 0 Å². The van der Waals surface area contributed by atoms with Gasteiger partial charge in [-0.3, -0.25) is 9.00 Å². The largest absolute Gasteiger partial charge is 0.496 e. The lowest BCUT2D eigenvalue weighted by Gasteiger charge is -2.13. The van der Waals surface area contributed by atoms with E-state index in [2.05, 4.69) is 0 Å². The maximum absolute atomic E-state index is 13.0. The zero-order chi connectivity index (χ0) is 21.7. The van der Waals surface area contributed by atoms with Crippen molar-refractivity contribution in [1.82, 2.24) is 0 Å². The number of benzene rings is 2. The van der Waals surface area contributed by atoms with Gasteiger partial charge < -0.3 is 23.7 Å². The predicted molar refractivity (Wildman–Crippen MR) is 114 cm³/mol.